The Bertz CT molecular complexity index is 317. The molecule has 2 unspecified atom stereocenters. The normalized spacial score (nSPS) is 26.7. The molecule has 1 fully saturated rings. The van der Waals surface area contributed by atoms with Gasteiger partial charge in [-0.1, -0.05) is 6.08 Å². The van der Waals surface area contributed by atoms with E-state index in [2.05, 4.69) is 6.58 Å². The highest BCUT2D eigenvalue weighted by Crippen LogP contribution is 2.17. The van der Waals surface area contributed by atoms with E-state index < -0.39 is 12.0 Å². The maximum Gasteiger partial charge on any atom is 0.305 e. The van der Waals surface area contributed by atoms with Crippen LogP contribution in [0.5, 0.6) is 0 Å². The van der Waals surface area contributed by atoms with Crippen molar-refractivity contribution in [1.29, 1.82) is 0 Å². The SMILES string of the molecule is C=CCN1CCC(C)N(C)C(CC(=O)O)C1=O. The number of amides is 1. The molecule has 96 valence electrons. The van der Waals surface area contributed by atoms with Crippen LogP contribution in [0.2, 0.25) is 0 Å². The van der Waals surface area contributed by atoms with Gasteiger partial charge in [0.25, 0.3) is 0 Å². The number of nitrogens with zero attached hydrogens (tertiary/aromatic N) is 2. The topological polar surface area (TPSA) is 60.9 Å². The van der Waals surface area contributed by atoms with Gasteiger partial charge in [0.2, 0.25) is 5.91 Å². The molecule has 1 aliphatic rings. The predicted molar refractivity (Wildman–Crippen MR) is 64.7 cm³/mol. The zero-order valence-electron chi connectivity index (χ0n) is 10.4. The molecule has 0 radical (unpaired) electrons. The molecule has 5 heteroatoms. The summed E-state index contributed by atoms with van der Waals surface area (Å²) in [6.07, 6.45) is 2.38. The summed E-state index contributed by atoms with van der Waals surface area (Å²) in [5.74, 6) is -1.05. The summed E-state index contributed by atoms with van der Waals surface area (Å²) >= 11 is 0. The van der Waals surface area contributed by atoms with Crippen LogP contribution in [0.15, 0.2) is 12.7 Å². The van der Waals surface area contributed by atoms with Crippen LogP contribution < -0.4 is 0 Å². The van der Waals surface area contributed by atoms with Crippen molar-refractivity contribution in [2.75, 3.05) is 20.1 Å². The number of aliphatic carboxylic acids is 1. The molecule has 1 rings (SSSR count). The monoisotopic (exact) mass is 240 g/mol. The molecule has 1 saturated heterocycles. The summed E-state index contributed by atoms with van der Waals surface area (Å²) in [7, 11) is 1.81. The lowest BCUT2D eigenvalue weighted by Crippen LogP contribution is -2.47. The molecule has 0 aromatic heterocycles. The minimum absolute atomic E-state index is 0.112. The minimum Gasteiger partial charge on any atom is -0.481 e. The molecule has 17 heavy (non-hydrogen) atoms. The highest BCUT2D eigenvalue weighted by Gasteiger charge is 2.34. The lowest BCUT2D eigenvalue weighted by molar-refractivity contribution is -0.144. The Morgan fingerprint density at radius 1 is 1.65 bits per heavy atom. The van der Waals surface area contributed by atoms with Crippen LogP contribution in [0.25, 0.3) is 0 Å². The first kappa shape index (κ1) is 13.7. The second-order valence-electron chi connectivity index (χ2n) is 4.49. The maximum absolute atomic E-state index is 12.2. The van der Waals surface area contributed by atoms with E-state index >= 15 is 0 Å². The molecule has 2 atom stereocenters. The molecule has 0 aliphatic carbocycles. The molecule has 1 N–H and O–H groups in total. The van der Waals surface area contributed by atoms with Crippen molar-refractivity contribution >= 4 is 11.9 Å². The molecular weight excluding hydrogens is 220 g/mol. The number of likely N-dealkylation sites (N-methyl/N-ethyl adjacent to an activating group) is 1. The van der Waals surface area contributed by atoms with Crippen molar-refractivity contribution < 1.29 is 14.7 Å². The molecule has 1 amide bonds. The van der Waals surface area contributed by atoms with Gasteiger partial charge in [0.05, 0.1) is 12.5 Å². The Balaban J connectivity index is 2.89. The molecule has 0 bridgehead atoms. The van der Waals surface area contributed by atoms with E-state index in [1.807, 2.05) is 18.9 Å². The Morgan fingerprint density at radius 3 is 2.82 bits per heavy atom. The smallest absolute Gasteiger partial charge is 0.305 e. The molecular formula is C12H20N2O3. The van der Waals surface area contributed by atoms with E-state index in [0.29, 0.717) is 13.1 Å². The van der Waals surface area contributed by atoms with Crippen LogP contribution in [-0.4, -0.2) is 59.0 Å². The standard InChI is InChI=1S/C12H20N2O3/c1-4-6-14-7-5-9(2)13(3)10(12(14)17)8-11(15)16/h4,9-10H,1,5-8H2,2-3H3,(H,15,16). The average molecular weight is 240 g/mol. The predicted octanol–water partition coefficient (Wildman–Crippen LogP) is 0.568. The van der Waals surface area contributed by atoms with Crippen LogP contribution in [0.3, 0.4) is 0 Å². The Labute approximate surface area is 102 Å². The third-order valence-electron chi connectivity index (χ3n) is 3.32. The van der Waals surface area contributed by atoms with Crippen molar-refractivity contribution in [2.45, 2.75) is 31.8 Å². The van der Waals surface area contributed by atoms with Gasteiger partial charge < -0.3 is 10.0 Å². The third kappa shape index (κ3) is 3.30. The van der Waals surface area contributed by atoms with Crippen molar-refractivity contribution in [3.63, 3.8) is 0 Å². The van der Waals surface area contributed by atoms with Gasteiger partial charge in [-0.05, 0) is 20.4 Å². The first-order chi connectivity index (χ1) is 7.97. The molecule has 5 nitrogen and oxygen atoms in total. The van der Waals surface area contributed by atoms with Crippen LogP contribution in [0.4, 0.5) is 0 Å². The van der Waals surface area contributed by atoms with Crippen LogP contribution in [0, 0.1) is 0 Å². The summed E-state index contributed by atoms with van der Waals surface area (Å²) < 4.78 is 0. The van der Waals surface area contributed by atoms with Crippen molar-refractivity contribution in [1.82, 2.24) is 9.80 Å². The number of rotatable bonds is 4. The maximum atomic E-state index is 12.2. The van der Waals surface area contributed by atoms with Crippen molar-refractivity contribution in [2.24, 2.45) is 0 Å². The summed E-state index contributed by atoms with van der Waals surface area (Å²) in [5, 5.41) is 8.88. The zero-order chi connectivity index (χ0) is 13.0. The van der Waals surface area contributed by atoms with E-state index in [-0.39, 0.29) is 18.4 Å². The number of carboxylic acids is 1. The summed E-state index contributed by atoms with van der Waals surface area (Å²) in [5.41, 5.74) is 0. The Kier molecular flexibility index (Phi) is 4.69. The quantitative estimate of drug-likeness (QED) is 0.730. The fourth-order valence-electron chi connectivity index (χ4n) is 2.08. The molecule has 0 saturated carbocycles. The third-order valence-corrected chi connectivity index (χ3v) is 3.32. The van der Waals surface area contributed by atoms with Gasteiger partial charge in [-0.2, -0.15) is 0 Å². The summed E-state index contributed by atoms with van der Waals surface area (Å²) in [6.45, 7) is 6.77. The van der Waals surface area contributed by atoms with E-state index in [9.17, 15) is 9.59 Å². The van der Waals surface area contributed by atoms with Gasteiger partial charge in [0.15, 0.2) is 0 Å². The number of hydrogen-bond acceptors (Lipinski definition) is 3. The van der Waals surface area contributed by atoms with Crippen LogP contribution in [0.1, 0.15) is 19.8 Å². The Morgan fingerprint density at radius 2 is 2.29 bits per heavy atom. The number of carbonyl (C=O) groups excluding carboxylic acids is 1. The van der Waals surface area contributed by atoms with E-state index in [4.69, 9.17) is 5.11 Å². The highest BCUT2D eigenvalue weighted by molar-refractivity contribution is 5.86. The zero-order valence-corrected chi connectivity index (χ0v) is 10.4. The Hall–Kier alpha value is -1.36. The fourth-order valence-corrected chi connectivity index (χ4v) is 2.08. The van der Waals surface area contributed by atoms with Gasteiger partial charge in [-0.3, -0.25) is 14.5 Å². The first-order valence-corrected chi connectivity index (χ1v) is 5.80. The second-order valence-corrected chi connectivity index (χ2v) is 4.49. The lowest BCUT2D eigenvalue weighted by Gasteiger charge is -2.29. The highest BCUT2D eigenvalue weighted by atomic mass is 16.4. The first-order valence-electron chi connectivity index (χ1n) is 5.80. The minimum atomic E-state index is -0.942. The number of carboxylic acid groups (broad SMARTS) is 1. The summed E-state index contributed by atoms with van der Waals surface area (Å²) in [4.78, 5) is 26.6. The lowest BCUT2D eigenvalue weighted by atomic mass is 10.1. The van der Waals surface area contributed by atoms with E-state index in [1.54, 1.807) is 11.0 Å². The van der Waals surface area contributed by atoms with Crippen molar-refractivity contribution in [3.8, 4) is 0 Å². The van der Waals surface area contributed by atoms with Gasteiger partial charge in [-0.25, -0.2) is 0 Å². The molecule has 1 heterocycles. The second kappa shape index (κ2) is 5.82. The van der Waals surface area contributed by atoms with Crippen LogP contribution in [-0.2, 0) is 9.59 Å². The fraction of sp³-hybridized carbons (Fsp3) is 0.667. The number of carbonyl (C=O) groups is 2. The molecule has 1 aliphatic heterocycles. The molecule has 0 spiro atoms. The van der Waals surface area contributed by atoms with Gasteiger partial charge >= 0.3 is 5.97 Å². The molecule has 0 aromatic rings. The molecule has 0 aromatic carbocycles. The van der Waals surface area contributed by atoms with Gasteiger partial charge in [0.1, 0.15) is 0 Å². The average Bonchev–Trinajstić information content (AvgIpc) is 2.36. The van der Waals surface area contributed by atoms with Gasteiger partial charge in [0, 0.05) is 19.1 Å². The van der Waals surface area contributed by atoms with E-state index in [0.717, 1.165) is 6.42 Å². The van der Waals surface area contributed by atoms with Crippen LogP contribution >= 0.6 is 0 Å². The van der Waals surface area contributed by atoms with Gasteiger partial charge in [-0.15, -0.1) is 6.58 Å². The van der Waals surface area contributed by atoms with Crippen molar-refractivity contribution in [3.05, 3.63) is 12.7 Å². The number of hydrogen-bond donors (Lipinski definition) is 1. The largest absolute Gasteiger partial charge is 0.481 e. The van der Waals surface area contributed by atoms with E-state index in [1.165, 1.54) is 0 Å². The summed E-state index contributed by atoms with van der Waals surface area (Å²) in [6, 6.07) is -0.358.